The molecule has 0 aromatic heterocycles. The summed E-state index contributed by atoms with van der Waals surface area (Å²) in [4.78, 5) is 37.3. The molecule has 200 valence electrons. The Balaban J connectivity index is 1.75. The van der Waals surface area contributed by atoms with Crippen LogP contribution < -0.4 is 5.32 Å². The van der Waals surface area contributed by atoms with Crippen LogP contribution in [0, 0.1) is 0 Å². The van der Waals surface area contributed by atoms with Gasteiger partial charge in [-0.15, -0.1) is 0 Å². The zero-order chi connectivity index (χ0) is 28.1. The first-order valence-electron chi connectivity index (χ1n) is 11.1. The minimum Gasteiger partial charge on any atom is -0.467 e. The number of hydrogen-bond donors (Lipinski definition) is 1. The van der Waals surface area contributed by atoms with E-state index < -0.39 is 53.4 Å². The molecule has 0 fully saturated rings. The molecule has 3 aromatic carbocycles. The number of ketones is 1. The van der Waals surface area contributed by atoms with Crippen molar-refractivity contribution in [2.45, 2.75) is 31.2 Å². The second kappa shape index (κ2) is 11.5. The molecule has 0 aliphatic heterocycles. The van der Waals surface area contributed by atoms with Crippen molar-refractivity contribution in [1.82, 2.24) is 5.32 Å². The largest absolute Gasteiger partial charge is 0.467 e. The highest BCUT2D eigenvalue weighted by molar-refractivity contribution is 6.08. The van der Waals surface area contributed by atoms with Gasteiger partial charge in [0.15, 0.2) is 5.78 Å². The van der Waals surface area contributed by atoms with Gasteiger partial charge in [-0.25, -0.2) is 4.79 Å². The smallest absolute Gasteiger partial charge is 0.416 e. The van der Waals surface area contributed by atoms with Crippen molar-refractivity contribution >= 4 is 17.7 Å². The molecule has 1 atom stereocenters. The SMILES string of the molecule is COC(=O)[C@H](Cc1ccc(C(=O)c2ccccc2)cc1)NC(=O)Cc1cc(C(F)(F)F)cc(C(F)(F)F)c1. The van der Waals surface area contributed by atoms with E-state index >= 15 is 0 Å². The normalized spacial score (nSPS) is 12.5. The van der Waals surface area contributed by atoms with Crippen LogP contribution in [0.1, 0.15) is 38.2 Å². The summed E-state index contributed by atoms with van der Waals surface area (Å²) >= 11 is 0. The minimum atomic E-state index is -5.06. The molecular formula is C27H21F6NO4. The molecule has 38 heavy (non-hydrogen) atoms. The Bertz CT molecular complexity index is 1270. The number of methoxy groups -OCH3 is 1. The van der Waals surface area contributed by atoms with Gasteiger partial charge in [-0.1, -0.05) is 54.6 Å². The highest BCUT2D eigenvalue weighted by atomic mass is 19.4. The first kappa shape index (κ1) is 28.4. The Kier molecular flexibility index (Phi) is 8.60. The molecule has 11 heteroatoms. The molecule has 1 amide bonds. The Labute approximate surface area is 213 Å². The molecule has 0 aliphatic carbocycles. The van der Waals surface area contributed by atoms with E-state index in [0.29, 0.717) is 28.8 Å². The number of hydrogen-bond acceptors (Lipinski definition) is 4. The van der Waals surface area contributed by atoms with E-state index in [4.69, 9.17) is 0 Å². The van der Waals surface area contributed by atoms with Gasteiger partial charge in [-0.2, -0.15) is 26.3 Å². The van der Waals surface area contributed by atoms with E-state index in [2.05, 4.69) is 10.1 Å². The van der Waals surface area contributed by atoms with E-state index in [1.54, 1.807) is 42.5 Å². The fourth-order valence-electron chi connectivity index (χ4n) is 3.67. The minimum absolute atomic E-state index is 0.0368. The van der Waals surface area contributed by atoms with Crippen molar-refractivity contribution in [3.63, 3.8) is 0 Å². The summed E-state index contributed by atoms with van der Waals surface area (Å²) in [5.41, 5.74) is -2.26. The fraction of sp³-hybridized carbons (Fsp3) is 0.222. The van der Waals surface area contributed by atoms with Crippen molar-refractivity contribution in [2.75, 3.05) is 7.11 Å². The number of ether oxygens (including phenoxy) is 1. The van der Waals surface area contributed by atoms with E-state index in [0.717, 1.165) is 7.11 Å². The number of benzene rings is 3. The highest BCUT2D eigenvalue weighted by Crippen LogP contribution is 2.36. The average molecular weight is 537 g/mol. The maximum atomic E-state index is 13.1. The zero-order valence-corrected chi connectivity index (χ0v) is 19.8. The molecule has 0 aliphatic rings. The summed E-state index contributed by atoms with van der Waals surface area (Å²) in [7, 11) is 1.06. The van der Waals surface area contributed by atoms with Gasteiger partial charge in [0.05, 0.1) is 24.7 Å². The Morgan fingerprint density at radius 3 is 1.79 bits per heavy atom. The molecule has 0 radical (unpaired) electrons. The van der Waals surface area contributed by atoms with Crippen LogP contribution in [0.4, 0.5) is 26.3 Å². The average Bonchev–Trinajstić information content (AvgIpc) is 2.87. The van der Waals surface area contributed by atoms with Crippen LogP contribution in [0.15, 0.2) is 72.8 Å². The second-order valence-corrected chi connectivity index (χ2v) is 8.33. The molecule has 0 saturated carbocycles. The predicted molar refractivity (Wildman–Crippen MR) is 124 cm³/mol. The summed E-state index contributed by atoms with van der Waals surface area (Å²) in [6.45, 7) is 0. The number of carbonyl (C=O) groups is 3. The van der Waals surface area contributed by atoms with Crippen molar-refractivity contribution in [3.8, 4) is 0 Å². The lowest BCUT2D eigenvalue weighted by Gasteiger charge is -2.18. The second-order valence-electron chi connectivity index (χ2n) is 8.33. The molecule has 5 nitrogen and oxygen atoms in total. The van der Waals surface area contributed by atoms with Crippen molar-refractivity contribution < 1.29 is 45.5 Å². The molecular weight excluding hydrogens is 516 g/mol. The van der Waals surface area contributed by atoms with E-state index in [1.807, 2.05) is 0 Å². The molecule has 3 aromatic rings. The molecule has 1 N–H and O–H groups in total. The number of amides is 1. The zero-order valence-electron chi connectivity index (χ0n) is 19.8. The lowest BCUT2D eigenvalue weighted by Crippen LogP contribution is -2.43. The van der Waals surface area contributed by atoms with Gasteiger partial charge in [-0.3, -0.25) is 9.59 Å². The van der Waals surface area contributed by atoms with Gasteiger partial charge in [-0.05, 0) is 29.3 Å². The molecule has 0 saturated heterocycles. The van der Waals surface area contributed by atoms with E-state index in [1.165, 1.54) is 12.1 Å². The third kappa shape index (κ3) is 7.44. The van der Waals surface area contributed by atoms with Gasteiger partial charge in [0.1, 0.15) is 6.04 Å². The topological polar surface area (TPSA) is 72.5 Å². The number of alkyl halides is 6. The van der Waals surface area contributed by atoms with Gasteiger partial charge in [0.25, 0.3) is 0 Å². The molecule has 3 rings (SSSR count). The predicted octanol–water partition coefficient (Wildman–Crippen LogP) is 5.40. The van der Waals surface area contributed by atoms with Crippen LogP contribution in [0.25, 0.3) is 0 Å². The first-order valence-corrected chi connectivity index (χ1v) is 11.1. The van der Waals surface area contributed by atoms with Crippen molar-refractivity contribution in [3.05, 3.63) is 106 Å². The summed E-state index contributed by atoms with van der Waals surface area (Å²) in [6, 6.07) is 14.3. The van der Waals surface area contributed by atoms with Crippen LogP contribution in [0.5, 0.6) is 0 Å². The quantitative estimate of drug-likeness (QED) is 0.237. The maximum Gasteiger partial charge on any atom is 0.416 e. The first-order chi connectivity index (χ1) is 17.8. The van der Waals surface area contributed by atoms with Crippen LogP contribution in [0.2, 0.25) is 0 Å². The monoisotopic (exact) mass is 537 g/mol. The van der Waals surface area contributed by atoms with Gasteiger partial charge < -0.3 is 10.1 Å². The summed E-state index contributed by atoms with van der Waals surface area (Å²) in [5.74, 6) is -2.08. The summed E-state index contributed by atoms with van der Waals surface area (Å²) < 4.78 is 83.3. The summed E-state index contributed by atoms with van der Waals surface area (Å²) in [6.07, 6.45) is -11.1. The van der Waals surface area contributed by atoms with Gasteiger partial charge >= 0.3 is 18.3 Å². The maximum absolute atomic E-state index is 13.1. The highest BCUT2D eigenvalue weighted by Gasteiger charge is 2.37. The number of rotatable bonds is 8. The molecule has 0 spiro atoms. The van der Waals surface area contributed by atoms with Crippen LogP contribution >= 0.6 is 0 Å². The van der Waals surface area contributed by atoms with Crippen LogP contribution in [0.3, 0.4) is 0 Å². The third-order valence-electron chi connectivity index (χ3n) is 5.52. The number of esters is 1. The molecule has 0 unspecified atom stereocenters. The molecule has 0 bridgehead atoms. The fourth-order valence-corrected chi connectivity index (χ4v) is 3.67. The Hall–Kier alpha value is -4.15. The lowest BCUT2D eigenvalue weighted by atomic mass is 9.99. The van der Waals surface area contributed by atoms with Gasteiger partial charge in [0, 0.05) is 17.5 Å². The lowest BCUT2D eigenvalue weighted by molar-refractivity contribution is -0.145. The van der Waals surface area contributed by atoms with E-state index in [-0.39, 0.29) is 18.3 Å². The third-order valence-corrected chi connectivity index (χ3v) is 5.52. The standard InChI is InChI=1S/C27H21F6NO4/c1-38-25(37)22(13-16-7-9-19(10-8-16)24(36)18-5-3-2-4-6-18)34-23(35)14-17-11-20(26(28,29)30)15-21(12-17)27(31,32)33/h2-12,15,22H,13-14H2,1H3,(H,34,35)/t22-/m0/s1. The number of nitrogens with one attached hydrogen (secondary N) is 1. The van der Waals surface area contributed by atoms with Crippen LogP contribution in [-0.2, 0) is 39.5 Å². The number of carbonyl (C=O) groups excluding carboxylic acids is 3. The van der Waals surface area contributed by atoms with Gasteiger partial charge in [0.2, 0.25) is 5.91 Å². The molecule has 0 heterocycles. The van der Waals surface area contributed by atoms with Crippen molar-refractivity contribution in [1.29, 1.82) is 0 Å². The summed E-state index contributed by atoms with van der Waals surface area (Å²) in [5, 5.41) is 2.30. The Morgan fingerprint density at radius 2 is 1.29 bits per heavy atom. The van der Waals surface area contributed by atoms with Crippen molar-refractivity contribution in [2.24, 2.45) is 0 Å². The van der Waals surface area contributed by atoms with E-state index in [9.17, 15) is 40.7 Å². The van der Waals surface area contributed by atoms with Crippen LogP contribution in [-0.4, -0.2) is 30.8 Å². The number of halogens is 6. The Morgan fingerprint density at radius 1 is 0.763 bits per heavy atom.